The highest BCUT2D eigenvalue weighted by Crippen LogP contribution is 2.31. The van der Waals surface area contributed by atoms with E-state index in [0.717, 1.165) is 24.1 Å². The number of carbonyl (C=O) groups is 3. The summed E-state index contributed by atoms with van der Waals surface area (Å²) in [6, 6.07) is 7.61. The van der Waals surface area contributed by atoms with Gasteiger partial charge in [0.1, 0.15) is 23.6 Å². The molecule has 9 N–H and O–H groups in total. The van der Waals surface area contributed by atoms with Crippen LogP contribution in [0.5, 0.6) is 11.5 Å². The Morgan fingerprint density at radius 3 is 2.09 bits per heavy atom. The summed E-state index contributed by atoms with van der Waals surface area (Å²) in [5.74, 6) is -1.24. The SMILES string of the molecule is CNCCC[C@@H]1NC(=O)[C@@H](NC)Cc2cc(ccc2O)-c2ccc(O)c(c2)C[C@@H](C(=O)NC[C@H](CCNC)NC)NC1=O. The molecule has 3 rings (SSSR count). The molecule has 4 atom stereocenters. The minimum atomic E-state index is -1.01. The molecule has 1 heterocycles. The molecule has 3 amide bonds. The summed E-state index contributed by atoms with van der Waals surface area (Å²) in [4.78, 5) is 40.7. The van der Waals surface area contributed by atoms with Gasteiger partial charge in [0.05, 0.1) is 6.04 Å². The fraction of sp³-hybridized carbons (Fsp3) is 0.516. The Labute approximate surface area is 253 Å². The van der Waals surface area contributed by atoms with E-state index in [4.69, 9.17) is 0 Å². The molecule has 2 aromatic carbocycles. The molecule has 0 spiro atoms. The van der Waals surface area contributed by atoms with Crippen LogP contribution in [0.25, 0.3) is 11.1 Å². The van der Waals surface area contributed by atoms with Crippen molar-refractivity contribution < 1.29 is 24.6 Å². The lowest BCUT2D eigenvalue weighted by atomic mass is 9.95. The first kappa shape index (κ1) is 33.8. The number of hydrogen-bond donors (Lipinski definition) is 9. The van der Waals surface area contributed by atoms with Crippen molar-refractivity contribution in [3.63, 3.8) is 0 Å². The third-order valence-corrected chi connectivity index (χ3v) is 7.86. The van der Waals surface area contributed by atoms with Crippen LogP contribution >= 0.6 is 0 Å². The maximum Gasteiger partial charge on any atom is 0.243 e. The number of benzene rings is 2. The van der Waals surface area contributed by atoms with Crippen molar-refractivity contribution in [1.29, 1.82) is 0 Å². The lowest BCUT2D eigenvalue weighted by Crippen LogP contribution is -2.57. The molecule has 1 aliphatic heterocycles. The molecule has 236 valence electrons. The van der Waals surface area contributed by atoms with E-state index < -0.39 is 35.8 Å². The van der Waals surface area contributed by atoms with Gasteiger partial charge in [-0.2, -0.15) is 0 Å². The number of nitrogens with one attached hydrogen (secondary N) is 7. The summed E-state index contributed by atoms with van der Waals surface area (Å²) in [6.07, 6.45) is 1.95. The van der Waals surface area contributed by atoms with E-state index in [1.807, 2.05) is 27.2 Å². The molecule has 12 heteroatoms. The van der Waals surface area contributed by atoms with Gasteiger partial charge >= 0.3 is 0 Å². The topological polar surface area (TPSA) is 176 Å². The smallest absolute Gasteiger partial charge is 0.243 e. The lowest BCUT2D eigenvalue weighted by molar-refractivity contribution is -0.132. The second-order valence-electron chi connectivity index (χ2n) is 10.9. The van der Waals surface area contributed by atoms with Gasteiger partial charge in [0.25, 0.3) is 0 Å². The van der Waals surface area contributed by atoms with Gasteiger partial charge in [-0.25, -0.2) is 0 Å². The Morgan fingerprint density at radius 1 is 0.884 bits per heavy atom. The molecular weight excluding hydrogens is 550 g/mol. The number of phenols is 2. The molecule has 0 aliphatic carbocycles. The van der Waals surface area contributed by atoms with Crippen LogP contribution in [0, 0.1) is 0 Å². The number of phenolic OH excluding ortho intramolecular Hbond substituents is 2. The van der Waals surface area contributed by atoms with Gasteiger partial charge in [0.15, 0.2) is 0 Å². The fourth-order valence-corrected chi connectivity index (χ4v) is 5.14. The summed E-state index contributed by atoms with van der Waals surface area (Å²) in [6.45, 7) is 1.75. The van der Waals surface area contributed by atoms with Crippen LogP contribution in [0.15, 0.2) is 36.4 Å². The maximum absolute atomic E-state index is 13.7. The first-order valence-electron chi connectivity index (χ1n) is 14.9. The molecule has 1 aliphatic rings. The van der Waals surface area contributed by atoms with Crippen LogP contribution in [0.2, 0.25) is 0 Å². The number of rotatable bonds is 12. The van der Waals surface area contributed by atoms with Crippen LogP contribution in [-0.4, -0.2) is 99.9 Å². The van der Waals surface area contributed by atoms with E-state index in [-0.39, 0.29) is 30.4 Å². The van der Waals surface area contributed by atoms with E-state index in [1.54, 1.807) is 37.4 Å². The van der Waals surface area contributed by atoms with E-state index in [2.05, 4.69) is 37.2 Å². The highest BCUT2D eigenvalue weighted by molar-refractivity contribution is 5.93. The van der Waals surface area contributed by atoms with Crippen molar-refractivity contribution in [2.75, 3.05) is 47.8 Å². The van der Waals surface area contributed by atoms with Gasteiger partial charge in [0.2, 0.25) is 17.7 Å². The van der Waals surface area contributed by atoms with Gasteiger partial charge in [-0.1, -0.05) is 12.1 Å². The molecule has 2 aromatic rings. The largest absolute Gasteiger partial charge is 0.508 e. The standard InChI is InChI=1S/C31H47N7O5/c1-32-12-5-6-24-30(42)38-26(29(41)36-18-23(34-3)11-13-33-2)17-22-15-20(8-10-28(22)40)19-7-9-27(39)21(14-19)16-25(35-4)31(43)37-24/h7-10,14-15,23-26,32-35,39-40H,5-6,11-13,16-18H2,1-4H3,(H,36,41)(H,37,43)(H,38,42)/t23-,24-,25-,26-/m0/s1. The highest BCUT2D eigenvalue weighted by Gasteiger charge is 2.30. The average molecular weight is 598 g/mol. The molecule has 0 aromatic heterocycles. The van der Waals surface area contributed by atoms with Crippen molar-refractivity contribution in [3.8, 4) is 22.6 Å². The summed E-state index contributed by atoms with van der Waals surface area (Å²) < 4.78 is 0. The average Bonchev–Trinajstić information content (AvgIpc) is 3.00. The number of likely N-dealkylation sites (N-methyl/N-ethyl adjacent to an activating group) is 2. The van der Waals surface area contributed by atoms with Crippen LogP contribution in [0.3, 0.4) is 0 Å². The molecule has 0 fully saturated rings. The van der Waals surface area contributed by atoms with E-state index in [9.17, 15) is 24.6 Å². The van der Waals surface area contributed by atoms with Crippen LogP contribution in [0.1, 0.15) is 30.4 Å². The van der Waals surface area contributed by atoms with E-state index >= 15 is 0 Å². The van der Waals surface area contributed by atoms with Gasteiger partial charge in [-0.3, -0.25) is 14.4 Å². The number of carbonyl (C=O) groups excluding carboxylic acids is 3. The number of aromatic hydroxyl groups is 2. The number of fused-ring (bicyclic) bond motifs is 5. The second-order valence-corrected chi connectivity index (χ2v) is 10.9. The normalized spacial score (nSPS) is 19.9. The molecule has 0 unspecified atom stereocenters. The summed E-state index contributed by atoms with van der Waals surface area (Å²) in [5.41, 5.74) is 2.57. The Hall–Kier alpha value is -3.71. The number of amides is 3. The third-order valence-electron chi connectivity index (χ3n) is 7.86. The third kappa shape index (κ3) is 9.65. The summed E-state index contributed by atoms with van der Waals surface area (Å²) >= 11 is 0. The highest BCUT2D eigenvalue weighted by atomic mass is 16.3. The zero-order valence-electron chi connectivity index (χ0n) is 25.5. The Kier molecular flexibility index (Phi) is 13.2. The molecule has 0 saturated heterocycles. The lowest BCUT2D eigenvalue weighted by Gasteiger charge is -2.26. The Balaban J connectivity index is 2.03. The predicted molar refractivity (Wildman–Crippen MR) is 167 cm³/mol. The maximum atomic E-state index is 13.7. The minimum absolute atomic E-state index is 0.00430. The van der Waals surface area contributed by atoms with Gasteiger partial charge in [0, 0.05) is 25.4 Å². The molecule has 0 radical (unpaired) electrons. The van der Waals surface area contributed by atoms with E-state index in [0.29, 0.717) is 37.1 Å². The minimum Gasteiger partial charge on any atom is -0.508 e. The second kappa shape index (κ2) is 16.8. The molecule has 4 bridgehead atoms. The van der Waals surface area contributed by atoms with Crippen LogP contribution in [0.4, 0.5) is 0 Å². The van der Waals surface area contributed by atoms with Gasteiger partial charge in [-0.15, -0.1) is 0 Å². The summed E-state index contributed by atoms with van der Waals surface area (Å²) in [5, 5.41) is 42.4. The molecule has 43 heavy (non-hydrogen) atoms. The predicted octanol–water partition coefficient (Wildman–Crippen LogP) is -0.266. The van der Waals surface area contributed by atoms with Crippen LogP contribution in [-0.2, 0) is 27.2 Å². The zero-order chi connectivity index (χ0) is 31.4. The van der Waals surface area contributed by atoms with Gasteiger partial charge < -0.3 is 47.4 Å². The van der Waals surface area contributed by atoms with Crippen molar-refractivity contribution in [1.82, 2.24) is 37.2 Å². The Morgan fingerprint density at radius 2 is 1.51 bits per heavy atom. The van der Waals surface area contributed by atoms with Gasteiger partial charge in [-0.05, 0) is 107 Å². The van der Waals surface area contributed by atoms with Crippen LogP contribution < -0.4 is 37.2 Å². The van der Waals surface area contributed by atoms with E-state index in [1.165, 1.54) is 0 Å². The van der Waals surface area contributed by atoms with Crippen molar-refractivity contribution in [2.24, 2.45) is 0 Å². The fourth-order valence-electron chi connectivity index (χ4n) is 5.14. The molecule has 12 nitrogen and oxygen atoms in total. The monoisotopic (exact) mass is 597 g/mol. The molecule has 0 saturated carbocycles. The quantitative estimate of drug-likeness (QED) is 0.149. The van der Waals surface area contributed by atoms with Crippen molar-refractivity contribution in [2.45, 2.75) is 56.3 Å². The first-order valence-corrected chi connectivity index (χ1v) is 14.9. The zero-order valence-corrected chi connectivity index (χ0v) is 25.5. The first-order chi connectivity index (χ1) is 20.7. The Bertz CT molecular complexity index is 1240. The molecular formula is C31H47N7O5. The van der Waals surface area contributed by atoms with Crippen molar-refractivity contribution in [3.05, 3.63) is 47.5 Å². The summed E-state index contributed by atoms with van der Waals surface area (Å²) in [7, 11) is 7.15. The van der Waals surface area contributed by atoms with Crippen molar-refractivity contribution >= 4 is 17.7 Å². The number of hydrogen-bond acceptors (Lipinski definition) is 9.